The summed E-state index contributed by atoms with van der Waals surface area (Å²) in [4.78, 5) is 0. The molecule has 1 nitrogen and oxygen atoms in total. The summed E-state index contributed by atoms with van der Waals surface area (Å²) in [6.07, 6.45) is 1.35. The molecule has 0 saturated heterocycles. The van der Waals surface area contributed by atoms with Crippen molar-refractivity contribution in [3.63, 3.8) is 0 Å². The smallest absolute Gasteiger partial charge is 0.956 e. The summed E-state index contributed by atoms with van der Waals surface area (Å²) in [5, 5.41) is 10.4. The number of hydrogen-bond acceptors (Lipinski definition) is 1. The standard InChI is InChI=1S/C6H11O.2Li/c1-4-6(7)5(2)3;;/h4-5,7H,1H2,2-3H3;;/q-1;2*+1/p-1/b6-4-;;. The van der Waals surface area contributed by atoms with Crippen molar-refractivity contribution in [2.45, 2.75) is 13.8 Å². The Morgan fingerprint density at radius 3 is 1.78 bits per heavy atom. The van der Waals surface area contributed by atoms with E-state index in [2.05, 4.69) is 6.92 Å². The van der Waals surface area contributed by atoms with Crippen molar-refractivity contribution in [1.29, 1.82) is 0 Å². The first-order valence-corrected chi connectivity index (χ1v) is 2.34. The molecule has 0 aliphatic rings. The van der Waals surface area contributed by atoms with E-state index in [9.17, 15) is 5.11 Å². The number of allylic oxidation sites excluding steroid dienone is 2. The van der Waals surface area contributed by atoms with Gasteiger partial charge in [-0.25, -0.2) is 13.0 Å². The molecule has 0 saturated carbocycles. The average Bonchev–Trinajstić information content (AvgIpc) is 1.65. The van der Waals surface area contributed by atoms with Crippen molar-refractivity contribution in [3.05, 3.63) is 18.8 Å². The summed E-state index contributed by atoms with van der Waals surface area (Å²) in [7, 11) is 0. The van der Waals surface area contributed by atoms with E-state index in [1.165, 1.54) is 6.08 Å². The first kappa shape index (κ1) is 16.3. The quantitative estimate of drug-likeness (QED) is 0.189. The van der Waals surface area contributed by atoms with Crippen LogP contribution in [0, 0.1) is 12.8 Å². The molecule has 0 unspecified atom stereocenters. The average molecular weight is 112 g/mol. The number of rotatable bonds is 1. The van der Waals surface area contributed by atoms with Gasteiger partial charge in [0.25, 0.3) is 0 Å². The van der Waals surface area contributed by atoms with E-state index in [1.807, 2.05) is 13.8 Å². The van der Waals surface area contributed by atoms with Gasteiger partial charge in [0.1, 0.15) is 0 Å². The van der Waals surface area contributed by atoms with E-state index in [0.29, 0.717) is 0 Å². The van der Waals surface area contributed by atoms with E-state index < -0.39 is 0 Å². The van der Waals surface area contributed by atoms with Crippen molar-refractivity contribution < 1.29 is 42.8 Å². The summed E-state index contributed by atoms with van der Waals surface area (Å²) in [6.45, 7) is 7.03. The summed E-state index contributed by atoms with van der Waals surface area (Å²) < 4.78 is 0. The SMILES string of the molecule is [CH2-]/C=C(\[O-])C(C)C.[Li+].[Li+]. The van der Waals surface area contributed by atoms with Crippen LogP contribution in [0.15, 0.2) is 11.8 Å². The Bertz CT molecular complexity index is 79.1. The van der Waals surface area contributed by atoms with Crippen molar-refractivity contribution in [2.24, 2.45) is 5.92 Å². The Morgan fingerprint density at radius 2 is 1.78 bits per heavy atom. The van der Waals surface area contributed by atoms with Crippen LogP contribution in [0.4, 0.5) is 0 Å². The van der Waals surface area contributed by atoms with Crippen molar-refractivity contribution in [3.8, 4) is 0 Å². The minimum absolute atomic E-state index is 0. The topological polar surface area (TPSA) is 23.1 Å². The van der Waals surface area contributed by atoms with Crippen LogP contribution in [0.3, 0.4) is 0 Å². The van der Waals surface area contributed by atoms with Gasteiger partial charge in [0.2, 0.25) is 0 Å². The third kappa shape index (κ3) is 8.60. The molecule has 0 bridgehead atoms. The molecule has 0 radical (unpaired) electrons. The Morgan fingerprint density at radius 1 is 1.44 bits per heavy atom. The molecule has 0 spiro atoms. The van der Waals surface area contributed by atoms with Gasteiger partial charge in [-0.15, -0.1) is 5.92 Å². The summed E-state index contributed by atoms with van der Waals surface area (Å²) >= 11 is 0. The predicted octanol–water partition coefficient (Wildman–Crippen LogP) is -5.27. The van der Waals surface area contributed by atoms with Crippen molar-refractivity contribution in [2.75, 3.05) is 0 Å². The summed E-state index contributed by atoms with van der Waals surface area (Å²) in [5.74, 6) is 0.220. The van der Waals surface area contributed by atoms with Gasteiger partial charge in [-0.2, -0.15) is 0 Å². The van der Waals surface area contributed by atoms with Crippen LogP contribution in [0.2, 0.25) is 0 Å². The zero-order chi connectivity index (χ0) is 5.86. The molecule has 0 N–H and O–H groups in total. The minimum Gasteiger partial charge on any atom is -0.956 e. The first-order chi connectivity index (χ1) is 3.18. The predicted molar refractivity (Wildman–Crippen MR) is 28.3 cm³/mol. The first-order valence-electron chi connectivity index (χ1n) is 2.34. The van der Waals surface area contributed by atoms with Gasteiger partial charge in [0.05, 0.1) is 0 Å². The molecule has 0 fully saturated rings. The Hall–Kier alpha value is 0.605. The van der Waals surface area contributed by atoms with E-state index in [0.717, 1.165) is 0 Å². The molecule has 0 amide bonds. The molecule has 0 aliphatic carbocycles. The molecule has 0 aromatic carbocycles. The fraction of sp³-hybridized carbons (Fsp3) is 0.500. The molecule has 9 heavy (non-hydrogen) atoms. The normalized spacial score (nSPS) is 9.89. The van der Waals surface area contributed by atoms with Crippen LogP contribution >= 0.6 is 0 Å². The van der Waals surface area contributed by atoms with Gasteiger partial charge in [0.15, 0.2) is 0 Å². The third-order valence-electron chi connectivity index (χ3n) is 0.770. The van der Waals surface area contributed by atoms with Crippen LogP contribution in [-0.2, 0) is 0 Å². The fourth-order valence-corrected chi connectivity index (χ4v) is 0.236. The molecule has 0 atom stereocenters. The van der Waals surface area contributed by atoms with Crippen LogP contribution in [0.5, 0.6) is 0 Å². The van der Waals surface area contributed by atoms with Crippen molar-refractivity contribution in [1.82, 2.24) is 0 Å². The summed E-state index contributed by atoms with van der Waals surface area (Å²) in [6, 6.07) is 0. The number of hydrogen-bond donors (Lipinski definition) is 0. The minimum atomic E-state index is 0. The van der Waals surface area contributed by atoms with E-state index in [4.69, 9.17) is 0 Å². The third-order valence-corrected chi connectivity index (χ3v) is 0.770. The Kier molecular flexibility index (Phi) is 15.6. The van der Waals surface area contributed by atoms with Crippen LogP contribution in [-0.4, -0.2) is 0 Å². The largest absolute Gasteiger partial charge is 1.00 e. The molecule has 42 valence electrons. The Labute approximate surface area is 81.3 Å². The van der Waals surface area contributed by atoms with E-state index in [1.54, 1.807) is 0 Å². The Balaban J connectivity index is -0.000000180. The second-order valence-electron chi connectivity index (χ2n) is 1.76. The van der Waals surface area contributed by atoms with Crippen LogP contribution in [0.1, 0.15) is 13.8 Å². The van der Waals surface area contributed by atoms with E-state index in [-0.39, 0.29) is 49.4 Å². The maximum absolute atomic E-state index is 10.4. The molecule has 0 aromatic heterocycles. The van der Waals surface area contributed by atoms with Crippen LogP contribution in [0.25, 0.3) is 0 Å². The van der Waals surface area contributed by atoms with Crippen molar-refractivity contribution >= 4 is 0 Å². The second kappa shape index (κ2) is 8.60. The molecule has 0 heterocycles. The monoisotopic (exact) mass is 112 g/mol. The molecule has 0 rings (SSSR count). The molecular formula is C6H10Li2O. The second-order valence-corrected chi connectivity index (χ2v) is 1.76. The molecule has 0 aliphatic heterocycles. The molecular weight excluding hydrogens is 102 g/mol. The van der Waals surface area contributed by atoms with Crippen LogP contribution < -0.4 is 42.8 Å². The van der Waals surface area contributed by atoms with Gasteiger partial charge in [-0.3, -0.25) is 0 Å². The molecule has 0 aromatic rings. The summed E-state index contributed by atoms with van der Waals surface area (Å²) in [5.41, 5.74) is 0. The van der Waals surface area contributed by atoms with Gasteiger partial charge in [-0.1, -0.05) is 13.8 Å². The van der Waals surface area contributed by atoms with Gasteiger partial charge in [-0.05, 0) is 0 Å². The van der Waals surface area contributed by atoms with Gasteiger partial charge >= 0.3 is 37.7 Å². The maximum atomic E-state index is 10.4. The van der Waals surface area contributed by atoms with Gasteiger partial charge in [0, 0.05) is 0 Å². The molecule has 3 heteroatoms. The zero-order valence-corrected chi connectivity index (χ0v) is 6.77. The maximum Gasteiger partial charge on any atom is 1.00 e. The van der Waals surface area contributed by atoms with E-state index >= 15 is 0 Å². The fourth-order valence-electron chi connectivity index (χ4n) is 0.236. The zero-order valence-electron chi connectivity index (χ0n) is 6.77. The van der Waals surface area contributed by atoms with Gasteiger partial charge < -0.3 is 10.9 Å².